The van der Waals surface area contributed by atoms with Crippen molar-refractivity contribution in [3.05, 3.63) is 70.4 Å². The smallest absolute Gasteiger partial charge is 0.337 e. The van der Waals surface area contributed by atoms with Crippen molar-refractivity contribution in [2.75, 3.05) is 20.3 Å². The van der Waals surface area contributed by atoms with Gasteiger partial charge in [-0.15, -0.1) is 0 Å². The van der Waals surface area contributed by atoms with Gasteiger partial charge in [-0.1, -0.05) is 24.3 Å². The van der Waals surface area contributed by atoms with Gasteiger partial charge in [0.2, 0.25) is 0 Å². The number of aliphatic imine (C=N–C) groups is 1. The fourth-order valence-electron chi connectivity index (χ4n) is 3.37. The molecule has 0 radical (unpaired) electrons. The van der Waals surface area contributed by atoms with Crippen molar-refractivity contribution < 1.29 is 23.5 Å². The Morgan fingerprint density at radius 2 is 2.06 bits per heavy atom. The number of carbonyl (C=O) groups is 2. The number of hydrogen-bond acceptors (Lipinski definition) is 6. The minimum atomic E-state index is -0.448. The Morgan fingerprint density at radius 3 is 2.74 bits per heavy atom. The summed E-state index contributed by atoms with van der Waals surface area (Å²) in [7, 11) is 1.32. The highest BCUT2D eigenvalue weighted by Crippen LogP contribution is 2.35. The average Bonchev–Trinajstić information content (AvgIpc) is 3.40. The van der Waals surface area contributed by atoms with Crippen molar-refractivity contribution in [2.45, 2.75) is 18.9 Å². The summed E-state index contributed by atoms with van der Waals surface area (Å²) >= 11 is 1.20. The van der Waals surface area contributed by atoms with E-state index < -0.39 is 11.8 Å². The van der Waals surface area contributed by atoms with Crippen molar-refractivity contribution in [3.63, 3.8) is 0 Å². The fourth-order valence-corrected chi connectivity index (χ4v) is 4.38. The third-order valence-corrected chi connectivity index (χ3v) is 6.00. The monoisotopic (exact) mass is 440 g/mol. The highest BCUT2D eigenvalue weighted by Gasteiger charge is 2.36. The first-order valence-electron chi connectivity index (χ1n) is 9.90. The van der Waals surface area contributed by atoms with Crippen LogP contribution in [0.2, 0.25) is 0 Å². The lowest BCUT2D eigenvalue weighted by molar-refractivity contribution is -0.123. The van der Waals surface area contributed by atoms with Crippen LogP contribution < -0.4 is 0 Å². The quantitative estimate of drug-likeness (QED) is 0.509. The Morgan fingerprint density at radius 1 is 1.29 bits per heavy atom. The molecule has 8 heteroatoms. The molecule has 0 N–H and O–H groups in total. The molecule has 2 fully saturated rings. The SMILES string of the molecule is COC(=O)c1ccc(/C=C2/SC(=Nc3ccccc3F)N(CC3CCCO3)C2=O)cc1. The van der Waals surface area contributed by atoms with E-state index in [1.54, 1.807) is 53.4 Å². The van der Waals surface area contributed by atoms with Crippen LogP contribution in [0, 0.1) is 5.82 Å². The topological polar surface area (TPSA) is 68.2 Å². The standard InChI is InChI=1S/C23H21FN2O4S/c1-29-22(28)16-10-8-15(9-11-16)13-20-21(27)26(14-17-5-4-12-30-17)23(31-20)25-19-7-3-2-6-18(19)24/h2-3,6-11,13,17H,4-5,12,14H2,1H3/b20-13+,25-23?. The minimum Gasteiger partial charge on any atom is -0.465 e. The predicted molar refractivity (Wildman–Crippen MR) is 118 cm³/mol. The summed E-state index contributed by atoms with van der Waals surface area (Å²) in [6, 6.07) is 13.0. The van der Waals surface area contributed by atoms with Crippen LogP contribution >= 0.6 is 11.8 Å². The van der Waals surface area contributed by atoms with Crippen LogP contribution in [0.5, 0.6) is 0 Å². The average molecular weight is 440 g/mol. The zero-order valence-corrected chi connectivity index (χ0v) is 17.7. The molecule has 0 aromatic heterocycles. The summed E-state index contributed by atoms with van der Waals surface area (Å²) in [6.07, 6.45) is 3.50. The maximum absolute atomic E-state index is 14.2. The maximum Gasteiger partial charge on any atom is 0.337 e. The molecule has 0 aliphatic carbocycles. The minimum absolute atomic E-state index is 0.0611. The Bertz CT molecular complexity index is 1050. The number of ether oxygens (including phenoxy) is 2. The Balaban J connectivity index is 1.63. The molecule has 2 aromatic rings. The second-order valence-corrected chi connectivity index (χ2v) is 8.13. The Hall–Kier alpha value is -2.97. The zero-order chi connectivity index (χ0) is 21.8. The van der Waals surface area contributed by atoms with Crippen LogP contribution in [0.4, 0.5) is 10.1 Å². The van der Waals surface area contributed by atoms with E-state index in [1.165, 1.54) is 24.9 Å². The van der Waals surface area contributed by atoms with Crippen molar-refractivity contribution in [3.8, 4) is 0 Å². The van der Waals surface area contributed by atoms with Crippen LogP contribution in [0.25, 0.3) is 6.08 Å². The normalized spacial score (nSPS) is 21.3. The number of thioether (sulfide) groups is 1. The Labute approximate surface area is 183 Å². The first-order chi connectivity index (χ1) is 15.0. The van der Waals surface area contributed by atoms with Gasteiger partial charge in [0.25, 0.3) is 5.91 Å². The van der Waals surface area contributed by atoms with Crippen LogP contribution in [-0.2, 0) is 14.3 Å². The number of carbonyl (C=O) groups excluding carboxylic acids is 2. The first kappa shape index (κ1) is 21.3. The van der Waals surface area contributed by atoms with Crippen LogP contribution in [0.1, 0.15) is 28.8 Å². The highest BCUT2D eigenvalue weighted by molar-refractivity contribution is 8.18. The molecule has 31 heavy (non-hydrogen) atoms. The van der Waals surface area contributed by atoms with E-state index in [0.29, 0.717) is 28.8 Å². The third-order valence-electron chi connectivity index (χ3n) is 5.00. The third kappa shape index (κ3) is 4.86. The van der Waals surface area contributed by atoms with E-state index in [-0.39, 0.29) is 17.7 Å². The molecule has 2 aromatic carbocycles. The molecule has 2 aliphatic rings. The summed E-state index contributed by atoms with van der Waals surface area (Å²) < 4.78 is 24.5. The second kappa shape index (κ2) is 9.45. The predicted octanol–water partition coefficient (Wildman–Crippen LogP) is 4.40. The summed E-state index contributed by atoms with van der Waals surface area (Å²) in [5.41, 5.74) is 1.36. The summed E-state index contributed by atoms with van der Waals surface area (Å²) in [4.78, 5) is 31.2. The molecule has 1 unspecified atom stereocenters. The Kier molecular flexibility index (Phi) is 6.48. The molecule has 0 saturated carbocycles. The number of benzene rings is 2. The van der Waals surface area contributed by atoms with Gasteiger partial charge in [-0.05, 0) is 60.5 Å². The van der Waals surface area contributed by atoms with Gasteiger partial charge in [0, 0.05) is 6.61 Å². The number of halogens is 1. The summed E-state index contributed by atoms with van der Waals surface area (Å²) in [5, 5.41) is 0.419. The maximum atomic E-state index is 14.2. The van der Waals surface area contributed by atoms with Gasteiger partial charge >= 0.3 is 5.97 Å². The van der Waals surface area contributed by atoms with Gasteiger partial charge in [0.15, 0.2) is 5.17 Å². The summed E-state index contributed by atoms with van der Waals surface area (Å²) in [6.45, 7) is 1.05. The van der Waals surface area contributed by atoms with Crippen molar-refractivity contribution in [1.82, 2.24) is 4.90 Å². The van der Waals surface area contributed by atoms with Crippen LogP contribution in [0.15, 0.2) is 58.4 Å². The molecule has 0 bridgehead atoms. The molecule has 2 saturated heterocycles. The largest absolute Gasteiger partial charge is 0.465 e. The molecule has 4 rings (SSSR count). The highest BCUT2D eigenvalue weighted by atomic mass is 32.2. The molecule has 2 heterocycles. The van der Waals surface area contributed by atoms with Crippen molar-refractivity contribution in [2.24, 2.45) is 4.99 Å². The molecule has 1 amide bonds. The number of hydrogen-bond donors (Lipinski definition) is 0. The van der Waals surface area contributed by atoms with Gasteiger partial charge < -0.3 is 9.47 Å². The van der Waals surface area contributed by atoms with E-state index in [1.807, 2.05) is 0 Å². The number of amidine groups is 1. The lowest BCUT2D eigenvalue weighted by Crippen LogP contribution is -2.36. The number of para-hydroxylation sites is 1. The molecule has 2 aliphatic heterocycles. The lowest BCUT2D eigenvalue weighted by atomic mass is 10.1. The molecule has 160 valence electrons. The molecule has 6 nitrogen and oxygen atoms in total. The van der Waals surface area contributed by atoms with Gasteiger partial charge in [-0.2, -0.15) is 0 Å². The zero-order valence-electron chi connectivity index (χ0n) is 16.9. The first-order valence-corrected chi connectivity index (χ1v) is 10.7. The van der Waals surface area contributed by atoms with Crippen molar-refractivity contribution in [1.29, 1.82) is 0 Å². The lowest BCUT2D eigenvalue weighted by Gasteiger charge is -2.19. The number of methoxy groups -OCH3 is 1. The van der Waals surface area contributed by atoms with Crippen molar-refractivity contribution >= 4 is 40.6 Å². The number of amides is 1. The molecular formula is C23H21FN2O4S. The second-order valence-electron chi connectivity index (χ2n) is 7.12. The van der Waals surface area contributed by atoms with Gasteiger partial charge in [-0.3, -0.25) is 9.69 Å². The van der Waals surface area contributed by atoms with Gasteiger partial charge in [0.05, 0.1) is 30.2 Å². The van der Waals surface area contributed by atoms with Gasteiger partial charge in [0.1, 0.15) is 11.5 Å². The van der Waals surface area contributed by atoms with E-state index >= 15 is 0 Å². The number of esters is 1. The molecule has 0 spiro atoms. The van der Waals surface area contributed by atoms with Crippen LogP contribution in [0.3, 0.4) is 0 Å². The molecular weight excluding hydrogens is 419 g/mol. The van der Waals surface area contributed by atoms with E-state index in [9.17, 15) is 14.0 Å². The van der Waals surface area contributed by atoms with E-state index in [2.05, 4.69) is 4.99 Å². The fraction of sp³-hybridized carbons (Fsp3) is 0.261. The van der Waals surface area contributed by atoms with E-state index in [0.717, 1.165) is 18.4 Å². The van der Waals surface area contributed by atoms with Gasteiger partial charge in [-0.25, -0.2) is 14.2 Å². The van der Waals surface area contributed by atoms with E-state index in [4.69, 9.17) is 9.47 Å². The van der Waals surface area contributed by atoms with Crippen LogP contribution in [-0.4, -0.2) is 48.3 Å². The molecule has 1 atom stereocenters. The number of rotatable bonds is 5. The number of nitrogens with zero attached hydrogens (tertiary/aromatic N) is 2. The summed E-state index contributed by atoms with van der Waals surface area (Å²) in [5.74, 6) is -1.07.